The van der Waals surface area contributed by atoms with Crippen LogP contribution in [-0.2, 0) is 10.0 Å². The first kappa shape index (κ1) is 14.3. The van der Waals surface area contributed by atoms with Crippen LogP contribution >= 0.6 is 0 Å². The number of aliphatic hydroxyl groups is 1. The Morgan fingerprint density at radius 3 is 2.58 bits per heavy atom. The summed E-state index contributed by atoms with van der Waals surface area (Å²) in [7, 11) is -2.85. The van der Waals surface area contributed by atoms with Crippen LogP contribution in [0.15, 0.2) is 23.1 Å². The van der Waals surface area contributed by atoms with Gasteiger partial charge in [-0.05, 0) is 12.1 Å². The number of β-amino-alcohol motifs (C(OH)–C–C–N with tert-alkyl or cyclic N) is 1. The summed E-state index contributed by atoms with van der Waals surface area (Å²) in [5.74, 6) is -1.99. The van der Waals surface area contributed by atoms with Gasteiger partial charge in [-0.15, -0.1) is 0 Å². The van der Waals surface area contributed by atoms with Crippen molar-refractivity contribution in [3.8, 4) is 0 Å². The molecule has 1 aromatic carbocycles. The number of nitrogens with zero attached hydrogens (tertiary/aromatic N) is 1. The molecule has 2 N–H and O–H groups in total. The zero-order chi connectivity index (χ0) is 14.2. The SMILES string of the molecule is CN([C@@H]1CNC[C@H]1O)S(=O)(=O)c1ccc(F)cc1F. The third-order valence-electron chi connectivity index (χ3n) is 3.17. The van der Waals surface area contributed by atoms with Gasteiger partial charge < -0.3 is 10.4 Å². The minimum atomic E-state index is -4.11. The topological polar surface area (TPSA) is 69.6 Å². The van der Waals surface area contributed by atoms with Gasteiger partial charge in [0.1, 0.15) is 16.5 Å². The summed E-state index contributed by atoms with van der Waals surface area (Å²) in [6, 6.07) is 1.61. The summed E-state index contributed by atoms with van der Waals surface area (Å²) in [6.45, 7) is 0.552. The number of aliphatic hydroxyl groups excluding tert-OH is 1. The van der Waals surface area contributed by atoms with Crippen molar-refractivity contribution in [2.45, 2.75) is 17.0 Å². The van der Waals surface area contributed by atoms with Gasteiger partial charge in [0.15, 0.2) is 0 Å². The van der Waals surface area contributed by atoms with E-state index in [2.05, 4.69) is 5.32 Å². The number of nitrogens with one attached hydrogen (secondary N) is 1. The van der Waals surface area contributed by atoms with E-state index in [0.29, 0.717) is 6.07 Å². The molecule has 0 unspecified atom stereocenters. The first-order valence-electron chi connectivity index (χ1n) is 5.66. The van der Waals surface area contributed by atoms with Gasteiger partial charge in [-0.3, -0.25) is 0 Å². The fourth-order valence-electron chi connectivity index (χ4n) is 2.04. The van der Waals surface area contributed by atoms with Crippen molar-refractivity contribution < 1.29 is 22.3 Å². The molecule has 8 heteroatoms. The second-order valence-electron chi connectivity index (χ2n) is 4.39. The molecule has 0 amide bonds. The predicted octanol–water partition coefficient (Wildman–Crippen LogP) is -0.0820. The zero-order valence-corrected chi connectivity index (χ0v) is 11.0. The molecule has 0 radical (unpaired) electrons. The normalized spacial score (nSPS) is 24.1. The quantitative estimate of drug-likeness (QED) is 0.817. The molecular weight excluding hydrogens is 278 g/mol. The van der Waals surface area contributed by atoms with Crippen LogP contribution in [0.3, 0.4) is 0 Å². The number of halogens is 2. The monoisotopic (exact) mass is 292 g/mol. The van der Waals surface area contributed by atoms with Crippen LogP contribution in [0.2, 0.25) is 0 Å². The Morgan fingerprint density at radius 1 is 1.37 bits per heavy atom. The van der Waals surface area contributed by atoms with Crippen molar-refractivity contribution in [2.24, 2.45) is 0 Å². The van der Waals surface area contributed by atoms with E-state index < -0.39 is 38.7 Å². The van der Waals surface area contributed by atoms with Gasteiger partial charge in [0.2, 0.25) is 10.0 Å². The number of sulfonamides is 1. The average molecular weight is 292 g/mol. The number of rotatable bonds is 3. The highest BCUT2D eigenvalue weighted by Gasteiger charge is 2.36. The second kappa shape index (κ2) is 5.12. The Labute approximate surface area is 109 Å². The van der Waals surface area contributed by atoms with E-state index >= 15 is 0 Å². The van der Waals surface area contributed by atoms with Crippen molar-refractivity contribution in [3.63, 3.8) is 0 Å². The van der Waals surface area contributed by atoms with E-state index in [9.17, 15) is 22.3 Å². The second-order valence-corrected chi connectivity index (χ2v) is 6.35. The van der Waals surface area contributed by atoms with E-state index in [1.165, 1.54) is 7.05 Å². The minimum Gasteiger partial charge on any atom is -0.390 e. The van der Waals surface area contributed by atoms with Crippen molar-refractivity contribution in [2.75, 3.05) is 20.1 Å². The van der Waals surface area contributed by atoms with Crippen molar-refractivity contribution in [1.82, 2.24) is 9.62 Å². The van der Waals surface area contributed by atoms with Gasteiger partial charge >= 0.3 is 0 Å². The number of benzene rings is 1. The molecule has 2 atom stereocenters. The van der Waals surface area contributed by atoms with Crippen LogP contribution in [0.4, 0.5) is 8.78 Å². The Morgan fingerprint density at radius 2 is 2.05 bits per heavy atom. The van der Waals surface area contributed by atoms with Crippen LogP contribution in [0.25, 0.3) is 0 Å². The van der Waals surface area contributed by atoms with Crippen molar-refractivity contribution in [1.29, 1.82) is 0 Å². The summed E-state index contributed by atoms with van der Waals surface area (Å²) >= 11 is 0. The van der Waals surface area contributed by atoms with Crippen LogP contribution in [0.1, 0.15) is 0 Å². The molecule has 106 valence electrons. The van der Waals surface area contributed by atoms with Crippen LogP contribution in [-0.4, -0.2) is 50.1 Å². The van der Waals surface area contributed by atoms with E-state index in [1.54, 1.807) is 0 Å². The standard InChI is InChI=1S/C11H14F2N2O3S/c1-15(9-5-14-6-10(9)16)19(17,18)11-3-2-7(12)4-8(11)13/h2-4,9-10,14,16H,5-6H2,1H3/t9-,10-/m1/s1. The molecule has 2 rings (SSSR count). The maximum atomic E-state index is 13.6. The highest BCUT2D eigenvalue weighted by molar-refractivity contribution is 7.89. The highest BCUT2D eigenvalue weighted by atomic mass is 32.2. The fourth-order valence-corrected chi connectivity index (χ4v) is 3.47. The molecule has 1 aliphatic rings. The Balaban J connectivity index is 2.36. The average Bonchev–Trinajstić information content (AvgIpc) is 2.73. The number of likely N-dealkylation sites (N-methyl/N-ethyl adjacent to an activating group) is 1. The largest absolute Gasteiger partial charge is 0.390 e. The van der Waals surface area contributed by atoms with Gasteiger partial charge in [-0.1, -0.05) is 0 Å². The molecule has 19 heavy (non-hydrogen) atoms. The predicted molar refractivity (Wildman–Crippen MR) is 64.0 cm³/mol. The van der Waals surface area contributed by atoms with E-state index in [0.717, 1.165) is 16.4 Å². The molecule has 0 spiro atoms. The van der Waals surface area contributed by atoms with Gasteiger partial charge in [0, 0.05) is 26.2 Å². The molecule has 0 aliphatic carbocycles. The molecule has 1 heterocycles. The lowest BCUT2D eigenvalue weighted by atomic mass is 10.2. The molecular formula is C11H14F2N2O3S. The van der Waals surface area contributed by atoms with E-state index in [4.69, 9.17) is 0 Å². The third-order valence-corrected chi connectivity index (χ3v) is 5.09. The molecule has 0 bridgehead atoms. The fraction of sp³-hybridized carbons (Fsp3) is 0.455. The molecule has 1 fully saturated rings. The lowest BCUT2D eigenvalue weighted by molar-refractivity contribution is 0.136. The van der Waals surface area contributed by atoms with Gasteiger partial charge in [0.25, 0.3) is 0 Å². The molecule has 1 saturated heterocycles. The minimum absolute atomic E-state index is 0.274. The van der Waals surface area contributed by atoms with Crippen LogP contribution in [0.5, 0.6) is 0 Å². The maximum Gasteiger partial charge on any atom is 0.246 e. The Bertz CT molecular complexity index is 579. The number of hydrogen-bond donors (Lipinski definition) is 2. The van der Waals surface area contributed by atoms with Crippen molar-refractivity contribution in [3.05, 3.63) is 29.8 Å². The van der Waals surface area contributed by atoms with Crippen molar-refractivity contribution >= 4 is 10.0 Å². The maximum absolute atomic E-state index is 13.6. The van der Waals surface area contributed by atoms with Gasteiger partial charge in [-0.2, -0.15) is 4.31 Å². The lowest BCUT2D eigenvalue weighted by Crippen LogP contribution is -2.44. The van der Waals surface area contributed by atoms with Crippen LogP contribution < -0.4 is 5.32 Å². The molecule has 1 aromatic rings. The summed E-state index contributed by atoms with van der Waals surface area (Å²) in [5, 5.41) is 12.5. The lowest BCUT2D eigenvalue weighted by Gasteiger charge is -2.25. The van der Waals surface area contributed by atoms with Crippen LogP contribution in [0, 0.1) is 11.6 Å². The number of hydrogen-bond acceptors (Lipinski definition) is 4. The Kier molecular flexibility index (Phi) is 3.86. The first-order chi connectivity index (χ1) is 8.84. The molecule has 0 aromatic heterocycles. The smallest absolute Gasteiger partial charge is 0.246 e. The van der Waals surface area contributed by atoms with Gasteiger partial charge in [-0.25, -0.2) is 17.2 Å². The highest BCUT2D eigenvalue weighted by Crippen LogP contribution is 2.22. The summed E-state index contributed by atoms with van der Waals surface area (Å²) in [6.07, 6.45) is -0.858. The van der Waals surface area contributed by atoms with Gasteiger partial charge in [0.05, 0.1) is 12.1 Å². The molecule has 1 aliphatic heterocycles. The third kappa shape index (κ3) is 2.62. The molecule has 5 nitrogen and oxygen atoms in total. The summed E-state index contributed by atoms with van der Waals surface area (Å²) in [5.41, 5.74) is 0. The zero-order valence-electron chi connectivity index (χ0n) is 10.2. The van der Waals surface area contributed by atoms with E-state index in [-0.39, 0.29) is 13.1 Å². The summed E-state index contributed by atoms with van der Waals surface area (Å²) in [4.78, 5) is -0.601. The molecule has 0 saturated carbocycles. The first-order valence-corrected chi connectivity index (χ1v) is 7.10. The summed E-state index contributed by atoms with van der Waals surface area (Å²) < 4.78 is 51.7. The Hall–Kier alpha value is -1.09. The van der Waals surface area contributed by atoms with E-state index in [1.807, 2.05) is 0 Å².